The van der Waals surface area contributed by atoms with Crippen molar-refractivity contribution in [2.75, 3.05) is 10.8 Å². The van der Waals surface area contributed by atoms with Crippen molar-refractivity contribution in [1.29, 1.82) is 0 Å². The first-order chi connectivity index (χ1) is 9.80. The predicted octanol–water partition coefficient (Wildman–Crippen LogP) is 1.35. The van der Waals surface area contributed by atoms with Crippen LogP contribution in [-0.2, 0) is 21.9 Å². The number of nitrogens with zero attached hydrogens (tertiary/aromatic N) is 3. The van der Waals surface area contributed by atoms with Gasteiger partial charge in [-0.05, 0) is 24.3 Å². The number of benzene rings is 1. The van der Waals surface area contributed by atoms with Crippen LogP contribution in [0, 0.1) is 0 Å². The van der Waals surface area contributed by atoms with Gasteiger partial charge in [0, 0.05) is 18.3 Å². The van der Waals surface area contributed by atoms with Crippen molar-refractivity contribution in [1.82, 2.24) is 9.55 Å². The number of rotatable bonds is 5. The van der Waals surface area contributed by atoms with E-state index in [-0.39, 0.29) is 10.7 Å². The molecule has 0 atom stereocenters. The number of anilines is 1. The van der Waals surface area contributed by atoms with Gasteiger partial charge in [0.2, 0.25) is 0 Å². The molecule has 0 aliphatic heterocycles. The molecule has 0 aliphatic carbocycles. The number of hydrogen-bond acceptors (Lipinski definition) is 4. The van der Waals surface area contributed by atoms with Crippen molar-refractivity contribution in [3.05, 3.63) is 41.8 Å². The highest BCUT2D eigenvalue weighted by Gasteiger charge is 2.29. The number of carboxylic acids is 1. The molecule has 0 aliphatic rings. The van der Waals surface area contributed by atoms with Crippen LogP contribution in [0.25, 0.3) is 0 Å². The summed E-state index contributed by atoms with van der Waals surface area (Å²) in [6, 6.07) is 5.84. The molecule has 112 valence electrons. The Morgan fingerprint density at radius 1 is 1.38 bits per heavy atom. The van der Waals surface area contributed by atoms with E-state index in [1.165, 1.54) is 41.4 Å². The molecule has 9 heteroatoms. The summed E-state index contributed by atoms with van der Waals surface area (Å²) in [5, 5.41) is 9.16. The molecule has 1 aromatic heterocycles. The lowest BCUT2D eigenvalue weighted by molar-refractivity contribution is -0.135. The molecule has 1 heterocycles. The minimum atomic E-state index is -4.06. The van der Waals surface area contributed by atoms with E-state index in [1.807, 2.05) is 0 Å². The topological polar surface area (TPSA) is 92.5 Å². The molecule has 0 unspecified atom stereocenters. The lowest BCUT2D eigenvalue weighted by Crippen LogP contribution is -2.35. The summed E-state index contributed by atoms with van der Waals surface area (Å²) in [6.07, 6.45) is 2.63. The van der Waals surface area contributed by atoms with Crippen molar-refractivity contribution < 1.29 is 18.3 Å². The number of hydrogen-bond donors (Lipinski definition) is 1. The van der Waals surface area contributed by atoms with E-state index < -0.39 is 22.5 Å². The summed E-state index contributed by atoms with van der Waals surface area (Å²) in [4.78, 5) is 14.7. The van der Waals surface area contributed by atoms with Gasteiger partial charge < -0.3 is 9.67 Å². The van der Waals surface area contributed by atoms with Gasteiger partial charge in [-0.3, -0.25) is 9.10 Å². The largest absolute Gasteiger partial charge is 0.480 e. The van der Waals surface area contributed by atoms with Crippen LogP contribution in [0.4, 0.5) is 5.69 Å². The molecule has 0 fully saturated rings. The first-order valence-corrected chi connectivity index (χ1v) is 7.60. The Hall–Kier alpha value is -2.06. The fourth-order valence-corrected chi connectivity index (χ4v) is 3.19. The van der Waals surface area contributed by atoms with Crippen molar-refractivity contribution in [3.8, 4) is 0 Å². The fraction of sp³-hybridized carbons (Fsp3) is 0.167. The van der Waals surface area contributed by atoms with Gasteiger partial charge >= 0.3 is 5.97 Å². The zero-order chi connectivity index (χ0) is 15.6. The van der Waals surface area contributed by atoms with Gasteiger partial charge in [0.1, 0.15) is 6.54 Å². The van der Waals surface area contributed by atoms with Gasteiger partial charge in [0.15, 0.2) is 5.03 Å². The maximum atomic E-state index is 12.5. The lowest BCUT2D eigenvalue weighted by atomic mass is 10.3. The molecule has 0 amide bonds. The minimum absolute atomic E-state index is 0.201. The molecule has 0 bridgehead atoms. The third-order valence-corrected chi connectivity index (χ3v) is 4.54. The van der Waals surface area contributed by atoms with Crippen LogP contribution < -0.4 is 4.31 Å². The van der Waals surface area contributed by atoms with Crippen LogP contribution in [0.1, 0.15) is 0 Å². The summed E-state index contributed by atoms with van der Waals surface area (Å²) in [6.45, 7) is -0.708. The Kier molecular flexibility index (Phi) is 4.19. The molecular formula is C12H12ClN3O4S. The second kappa shape index (κ2) is 5.74. The van der Waals surface area contributed by atoms with E-state index in [1.54, 1.807) is 7.05 Å². The number of sulfonamides is 1. The number of carboxylic acid groups (broad SMARTS) is 1. The highest BCUT2D eigenvalue weighted by molar-refractivity contribution is 7.92. The van der Waals surface area contributed by atoms with Crippen LogP contribution in [0.15, 0.2) is 41.8 Å². The zero-order valence-corrected chi connectivity index (χ0v) is 12.5. The van der Waals surface area contributed by atoms with Crippen molar-refractivity contribution in [3.63, 3.8) is 0 Å². The molecule has 1 aromatic carbocycles. The summed E-state index contributed by atoms with van der Waals surface area (Å²) >= 11 is 5.76. The van der Waals surface area contributed by atoms with Gasteiger partial charge in [-0.2, -0.15) is 8.42 Å². The van der Waals surface area contributed by atoms with E-state index >= 15 is 0 Å². The summed E-state index contributed by atoms with van der Waals surface area (Å²) in [7, 11) is -2.44. The molecule has 1 N–H and O–H groups in total. The summed E-state index contributed by atoms with van der Waals surface area (Å²) in [5.74, 6) is -1.27. The summed E-state index contributed by atoms with van der Waals surface area (Å²) in [5.41, 5.74) is 0.201. The molecule has 21 heavy (non-hydrogen) atoms. The van der Waals surface area contributed by atoms with Crippen LogP contribution >= 0.6 is 11.6 Å². The van der Waals surface area contributed by atoms with Crippen LogP contribution in [0.5, 0.6) is 0 Å². The molecule has 0 radical (unpaired) electrons. The molecule has 2 aromatic rings. The number of aryl methyl sites for hydroxylation is 1. The van der Waals surface area contributed by atoms with Gasteiger partial charge in [0.25, 0.3) is 10.0 Å². The van der Waals surface area contributed by atoms with Crippen molar-refractivity contribution >= 4 is 33.3 Å². The average molecular weight is 330 g/mol. The number of halogens is 1. The number of aliphatic carboxylic acids is 1. The Morgan fingerprint density at radius 2 is 2.00 bits per heavy atom. The SMILES string of the molecule is Cn1cnc(S(=O)(=O)N(CC(=O)O)c2ccc(Cl)cc2)c1. The van der Waals surface area contributed by atoms with E-state index in [0.29, 0.717) is 5.02 Å². The van der Waals surface area contributed by atoms with Crippen molar-refractivity contribution in [2.24, 2.45) is 7.05 Å². The van der Waals surface area contributed by atoms with E-state index in [4.69, 9.17) is 16.7 Å². The van der Waals surface area contributed by atoms with Crippen molar-refractivity contribution in [2.45, 2.75) is 5.03 Å². The molecule has 2 rings (SSSR count). The van der Waals surface area contributed by atoms with Gasteiger partial charge in [-0.15, -0.1) is 0 Å². The zero-order valence-electron chi connectivity index (χ0n) is 11.0. The second-order valence-electron chi connectivity index (χ2n) is 4.26. The molecular weight excluding hydrogens is 318 g/mol. The Balaban J connectivity index is 2.49. The van der Waals surface area contributed by atoms with Crippen LogP contribution in [-0.4, -0.2) is 35.6 Å². The highest BCUT2D eigenvalue weighted by Crippen LogP contribution is 2.24. The van der Waals surface area contributed by atoms with E-state index in [9.17, 15) is 13.2 Å². The van der Waals surface area contributed by atoms with Gasteiger partial charge in [-0.1, -0.05) is 11.6 Å². The lowest BCUT2D eigenvalue weighted by Gasteiger charge is -2.21. The summed E-state index contributed by atoms with van der Waals surface area (Å²) < 4.78 is 27.3. The molecule has 0 saturated carbocycles. The number of aromatic nitrogens is 2. The molecule has 0 spiro atoms. The molecule has 7 nitrogen and oxygen atoms in total. The predicted molar refractivity (Wildman–Crippen MR) is 76.8 cm³/mol. The third kappa shape index (κ3) is 3.34. The van der Waals surface area contributed by atoms with E-state index in [2.05, 4.69) is 4.98 Å². The monoisotopic (exact) mass is 329 g/mol. The van der Waals surface area contributed by atoms with Gasteiger partial charge in [-0.25, -0.2) is 4.98 Å². The second-order valence-corrected chi connectivity index (χ2v) is 6.50. The van der Waals surface area contributed by atoms with Crippen LogP contribution in [0.2, 0.25) is 5.02 Å². The maximum Gasteiger partial charge on any atom is 0.324 e. The first-order valence-electron chi connectivity index (χ1n) is 5.79. The van der Waals surface area contributed by atoms with Gasteiger partial charge in [0.05, 0.1) is 12.0 Å². The highest BCUT2D eigenvalue weighted by atomic mass is 35.5. The molecule has 0 saturated heterocycles. The number of imidazole rings is 1. The quantitative estimate of drug-likeness (QED) is 0.894. The number of carbonyl (C=O) groups is 1. The normalized spacial score (nSPS) is 11.3. The maximum absolute atomic E-state index is 12.5. The Labute approximate surface area is 126 Å². The third-order valence-electron chi connectivity index (χ3n) is 2.63. The van der Waals surface area contributed by atoms with Crippen LogP contribution in [0.3, 0.4) is 0 Å². The standard InChI is InChI=1S/C12H12ClN3O4S/c1-15-6-11(14-8-15)21(19,20)16(7-12(17)18)10-4-2-9(13)3-5-10/h2-6,8H,7H2,1H3,(H,17,18). The Bertz CT molecular complexity index is 755. The average Bonchev–Trinajstić information content (AvgIpc) is 2.84. The van der Waals surface area contributed by atoms with E-state index in [0.717, 1.165) is 4.31 Å². The Morgan fingerprint density at radius 3 is 2.48 bits per heavy atom. The fourth-order valence-electron chi connectivity index (χ4n) is 1.68. The smallest absolute Gasteiger partial charge is 0.324 e. The minimum Gasteiger partial charge on any atom is -0.480 e. The first kappa shape index (κ1) is 15.3.